The Morgan fingerprint density at radius 2 is 1.84 bits per heavy atom. The first-order chi connectivity index (χ1) is 12.3. The molecule has 2 aromatic carbocycles. The molecule has 0 amide bonds. The number of imidazole rings is 1. The Labute approximate surface area is 153 Å². The minimum atomic E-state index is 0.485. The maximum atomic E-state index is 5.90. The number of hydrogen-bond donors (Lipinski definition) is 0. The predicted octanol–water partition coefficient (Wildman–Crippen LogP) is 4.87. The first kappa shape index (κ1) is 15.9. The summed E-state index contributed by atoms with van der Waals surface area (Å²) in [7, 11) is 0. The van der Waals surface area contributed by atoms with Gasteiger partial charge in [0.05, 0.1) is 5.75 Å². The van der Waals surface area contributed by atoms with E-state index in [1.807, 2.05) is 53.2 Å². The molecule has 7 heteroatoms. The lowest BCUT2D eigenvalue weighted by Crippen LogP contribution is -1.95. The van der Waals surface area contributed by atoms with Gasteiger partial charge in [0.15, 0.2) is 11.0 Å². The van der Waals surface area contributed by atoms with Crippen LogP contribution < -0.4 is 0 Å². The Hall–Kier alpha value is -2.57. The lowest BCUT2D eigenvalue weighted by molar-refractivity contribution is 0.425. The van der Waals surface area contributed by atoms with E-state index < -0.39 is 0 Å². The van der Waals surface area contributed by atoms with Crippen molar-refractivity contribution >= 4 is 23.4 Å². The first-order valence-electron chi connectivity index (χ1n) is 7.60. The molecule has 0 N–H and O–H groups in total. The molecule has 0 unspecified atom stereocenters. The maximum absolute atomic E-state index is 5.90. The third-order valence-corrected chi connectivity index (χ3v) is 4.75. The van der Waals surface area contributed by atoms with E-state index in [1.54, 1.807) is 30.1 Å². The molecule has 0 atom stereocenters. The normalized spacial score (nSPS) is 10.9. The average molecular weight is 369 g/mol. The number of hydrogen-bond acceptors (Lipinski definition) is 5. The van der Waals surface area contributed by atoms with E-state index in [0.29, 0.717) is 22.5 Å². The first-order valence-corrected chi connectivity index (χ1v) is 8.96. The second-order valence-electron chi connectivity index (χ2n) is 5.23. The summed E-state index contributed by atoms with van der Waals surface area (Å²) >= 11 is 7.46. The van der Waals surface area contributed by atoms with Crippen molar-refractivity contribution in [3.05, 3.63) is 77.8 Å². The van der Waals surface area contributed by atoms with Gasteiger partial charge in [0.1, 0.15) is 0 Å². The molecule has 2 aromatic heterocycles. The molecular formula is C18H13ClN4OS. The molecule has 5 nitrogen and oxygen atoms in total. The molecule has 25 heavy (non-hydrogen) atoms. The zero-order chi connectivity index (χ0) is 17.1. The van der Waals surface area contributed by atoms with Crippen LogP contribution in [-0.2, 0) is 5.75 Å². The van der Waals surface area contributed by atoms with Crippen LogP contribution in [0, 0.1) is 0 Å². The Kier molecular flexibility index (Phi) is 4.54. The van der Waals surface area contributed by atoms with Crippen LogP contribution >= 0.6 is 23.4 Å². The molecule has 2 heterocycles. The second kappa shape index (κ2) is 7.13. The van der Waals surface area contributed by atoms with Gasteiger partial charge in [-0.25, -0.2) is 4.98 Å². The zero-order valence-electron chi connectivity index (χ0n) is 13.0. The fourth-order valence-electron chi connectivity index (χ4n) is 2.33. The van der Waals surface area contributed by atoms with Crippen LogP contribution in [0.25, 0.3) is 17.1 Å². The highest BCUT2D eigenvalue weighted by Gasteiger charge is 2.11. The minimum absolute atomic E-state index is 0.485. The van der Waals surface area contributed by atoms with Gasteiger partial charge in [-0.3, -0.25) is 4.57 Å². The zero-order valence-corrected chi connectivity index (χ0v) is 14.6. The van der Waals surface area contributed by atoms with E-state index in [4.69, 9.17) is 16.1 Å². The van der Waals surface area contributed by atoms with Gasteiger partial charge in [-0.2, -0.15) is 4.98 Å². The van der Waals surface area contributed by atoms with E-state index in [-0.39, 0.29) is 0 Å². The van der Waals surface area contributed by atoms with Crippen LogP contribution in [0.4, 0.5) is 0 Å². The van der Waals surface area contributed by atoms with Crippen molar-refractivity contribution in [1.29, 1.82) is 0 Å². The molecule has 0 aliphatic carbocycles. The number of aromatic nitrogens is 4. The number of rotatable bonds is 5. The van der Waals surface area contributed by atoms with Crippen LogP contribution in [0.3, 0.4) is 0 Å². The third kappa shape index (κ3) is 3.60. The van der Waals surface area contributed by atoms with Crippen molar-refractivity contribution in [2.45, 2.75) is 10.9 Å². The van der Waals surface area contributed by atoms with Crippen molar-refractivity contribution in [3.8, 4) is 17.1 Å². The van der Waals surface area contributed by atoms with Gasteiger partial charge in [-0.1, -0.05) is 46.7 Å². The molecule has 0 aliphatic rings. The summed E-state index contributed by atoms with van der Waals surface area (Å²) in [6.45, 7) is 0. The van der Waals surface area contributed by atoms with Gasteiger partial charge in [-0.15, -0.1) is 0 Å². The number of nitrogens with zero attached hydrogens (tertiary/aromatic N) is 4. The van der Waals surface area contributed by atoms with Crippen molar-refractivity contribution in [2.24, 2.45) is 0 Å². The summed E-state index contributed by atoms with van der Waals surface area (Å²) in [5, 5.41) is 5.59. The number of benzene rings is 2. The summed E-state index contributed by atoms with van der Waals surface area (Å²) < 4.78 is 7.36. The standard InChI is InChI=1S/C18H13ClN4OS/c19-14-8-6-13(7-9-14)17-21-16(22-24-17)12-25-18-20-10-11-23(18)15-4-2-1-3-5-15/h1-11H,12H2. The van der Waals surface area contributed by atoms with Crippen molar-refractivity contribution < 1.29 is 4.52 Å². The monoisotopic (exact) mass is 368 g/mol. The quantitative estimate of drug-likeness (QED) is 0.470. The van der Waals surface area contributed by atoms with E-state index in [0.717, 1.165) is 16.4 Å². The highest BCUT2D eigenvalue weighted by molar-refractivity contribution is 7.98. The highest BCUT2D eigenvalue weighted by atomic mass is 35.5. The maximum Gasteiger partial charge on any atom is 0.257 e. The highest BCUT2D eigenvalue weighted by Crippen LogP contribution is 2.25. The summed E-state index contributed by atoms with van der Waals surface area (Å²) in [6.07, 6.45) is 3.72. The van der Waals surface area contributed by atoms with E-state index in [2.05, 4.69) is 15.1 Å². The Bertz CT molecular complexity index is 966. The van der Waals surface area contributed by atoms with Gasteiger partial charge < -0.3 is 4.52 Å². The molecule has 124 valence electrons. The topological polar surface area (TPSA) is 56.7 Å². The number of para-hydroxylation sites is 1. The van der Waals surface area contributed by atoms with Crippen LogP contribution in [0.1, 0.15) is 5.82 Å². The average Bonchev–Trinajstić information content (AvgIpc) is 3.31. The lowest BCUT2D eigenvalue weighted by Gasteiger charge is -2.05. The van der Waals surface area contributed by atoms with Crippen LogP contribution in [-0.4, -0.2) is 19.7 Å². The molecule has 4 aromatic rings. The summed E-state index contributed by atoms with van der Waals surface area (Å²) in [4.78, 5) is 8.84. The van der Waals surface area contributed by atoms with E-state index >= 15 is 0 Å². The summed E-state index contributed by atoms with van der Waals surface area (Å²) in [6, 6.07) is 17.4. The molecule has 0 aliphatic heterocycles. The Morgan fingerprint density at radius 1 is 1.04 bits per heavy atom. The molecule has 4 rings (SSSR count). The van der Waals surface area contributed by atoms with Crippen molar-refractivity contribution in [1.82, 2.24) is 19.7 Å². The van der Waals surface area contributed by atoms with E-state index in [9.17, 15) is 0 Å². The van der Waals surface area contributed by atoms with Crippen molar-refractivity contribution in [2.75, 3.05) is 0 Å². The van der Waals surface area contributed by atoms with Gasteiger partial charge in [0.2, 0.25) is 0 Å². The van der Waals surface area contributed by atoms with Crippen LogP contribution in [0.2, 0.25) is 5.02 Å². The molecule has 0 saturated heterocycles. The Morgan fingerprint density at radius 3 is 2.64 bits per heavy atom. The minimum Gasteiger partial charge on any atom is -0.334 e. The van der Waals surface area contributed by atoms with Crippen molar-refractivity contribution in [3.63, 3.8) is 0 Å². The fourth-order valence-corrected chi connectivity index (χ4v) is 3.28. The van der Waals surface area contributed by atoms with Gasteiger partial charge >= 0.3 is 0 Å². The van der Waals surface area contributed by atoms with Crippen LogP contribution in [0.15, 0.2) is 76.7 Å². The molecule has 0 saturated carbocycles. The van der Waals surface area contributed by atoms with Gasteiger partial charge in [0, 0.05) is 28.7 Å². The predicted molar refractivity (Wildman–Crippen MR) is 97.9 cm³/mol. The molecule has 0 bridgehead atoms. The summed E-state index contributed by atoms with van der Waals surface area (Å²) in [5.74, 6) is 1.68. The molecule has 0 fully saturated rings. The lowest BCUT2D eigenvalue weighted by atomic mass is 10.2. The second-order valence-corrected chi connectivity index (χ2v) is 6.61. The SMILES string of the molecule is Clc1ccc(-c2nc(CSc3nccn3-c3ccccc3)no2)cc1. The number of halogens is 1. The largest absolute Gasteiger partial charge is 0.334 e. The smallest absolute Gasteiger partial charge is 0.257 e. The third-order valence-electron chi connectivity index (χ3n) is 3.53. The molecule has 0 spiro atoms. The summed E-state index contributed by atoms with van der Waals surface area (Å²) in [5.41, 5.74) is 1.91. The number of thioether (sulfide) groups is 1. The Balaban J connectivity index is 1.48. The van der Waals surface area contributed by atoms with Gasteiger partial charge in [0.25, 0.3) is 5.89 Å². The molecule has 0 radical (unpaired) electrons. The van der Waals surface area contributed by atoms with Gasteiger partial charge in [-0.05, 0) is 36.4 Å². The fraction of sp³-hybridized carbons (Fsp3) is 0.0556. The van der Waals surface area contributed by atoms with Crippen LogP contribution in [0.5, 0.6) is 0 Å². The van der Waals surface area contributed by atoms with E-state index in [1.165, 1.54) is 0 Å². The molecular weight excluding hydrogens is 356 g/mol.